The molecule has 1 N–H and O–H groups in total. The van der Waals surface area contributed by atoms with E-state index in [-0.39, 0.29) is 32.2 Å². The maximum absolute atomic E-state index is 12.9. The summed E-state index contributed by atoms with van der Waals surface area (Å²) in [6, 6.07) is 0. The second kappa shape index (κ2) is 65.4. The first-order valence-corrected chi connectivity index (χ1v) is 34.3. The summed E-state index contributed by atoms with van der Waals surface area (Å²) in [5.41, 5.74) is 0. The van der Waals surface area contributed by atoms with E-state index in [1.54, 1.807) is 0 Å². The summed E-state index contributed by atoms with van der Waals surface area (Å²) >= 11 is 0. The van der Waals surface area contributed by atoms with Gasteiger partial charge in [-0.25, -0.2) is 4.79 Å². The topological polar surface area (TPSA) is 108 Å². The van der Waals surface area contributed by atoms with Crippen LogP contribution < -0.4 is 0 Å². The molecule has 0 saturated heterocycles. The summed E-state index contributed by atoms with van der Waals surface area (Å²) in [6.45, 7) is 4.75. The number of carboxylic acids is 1. The van der Waals surface area contributed by atoms with Crippen molar-refractivity contribution in [1.29, 1.82) is 0 Å². The van der Waals surface area contributed by atoms with Crippen LogP contribution in [0.3, 0.4) is 0 Å². The second-order valence-electron chi connectivity index (χ2n) is 23.7. The van der Waals surface area contributed by atoms with Crippen molar-refractivity contribution in [2.24, 2.45) is 0 Å². The Morgan fingerprint density at radius 3 is 1.00 bits per heavy atom. The van der Waals surface area contributed by atoms with Gasteiger partial charge >= 0.3 is 17.9 Å². The predicted molar refractivity (Wildman–Crippen MR) is 364 cm³/mol. The minimum Gasteiger partial charge on any atom is -0.477 e. The highest BCUT2D eigenvalue weighted by atomic mass is 16.7. The molecule has 0 heterocycles. The van der Waals surface area contributed by atoms with Crippen molar-refractivity contribution in [2.45, 2.75) is 283 Å². The van der Waals surface area contributed by atoms with Gasteiger partial charge in [0.2, 0.25) is 0 Å². The molecule has 0 aliphatic heterocycles. The molecule has 484 valence electrons. The Kier molecular flexibility index (Phi) is 61.9. The molecule has 0 rings (SSSR count). The van der Waals surface area contributed by atoms with Crippen molar-refractivity contribution in [2.75, 3.05) is 47.5 Å². The van der Waals surface area contributed by atoms with Crippen LogP contribution in [0.1, 0.15) is 271 Å². The molecule has 0 aromatic rings. The number of carbonyl (C=O) groups is 3. The van der Waals surface area contributed by atoms with E-state index >= 15 is 0 Å². The SMILES string of the molecule is CC/C=C\C/C=C\C/C=C\C/C=C\C/C=C\C/C=C\C/C=C\C/C=C\C/C=C\CCCCCCCCCCCCCC(=O)OC(COC(=O)CCCCCCCCCCC/C=C\C/C=C\CCCCCCC)COC(OCC[N+](C)(C)C)C(=O)O. The molecule has 0 radical (unpaired) electrons. The van der Waals surface area contributed by atoms with Gasteiger partial charge in [0, 0.05) is 12.8 Å². The first kappa shape index (κ1) is 80.4. The van der Waals surface area contributed by atoms with E-state index in [9.17, 15) is 19.5 Å². The monoisotopic (exact) mass is 1180 g/mol. The van der Waals surface area contributed by atoms with Crippen LogP contribution in [-0.2, 0) is 33.3 Å². The summed E-state index contributed by atoms with van der Waals surface area (Å²) < 4.78 is 22.9. The smallest absolute Gasteiger partial charge is 0.361 e. The standard InChI is InChI=1S/C76H127NO8/c1-6-8-10-12-14-16-18-20-22-24-26-28-29-30-31-32-33-34-35-36-37-38-39-40-41-42-43-44-45-47-49-51-53-55-57-59-61-63-65-67-74(79)85-72(71-84-76(75(80)81)82-69-68-77(3,4)5)70-83-73(78)66-64-62-60-58-56-54-52-50-48-46-27-25-23-21-19-17-15-13-11-9-7-2/h8,10,14,16,19-22,25-28,30-31,33-34,36-37,39-40,42-43,72,76H,6-7,9,11-13,15,17-18,23-24,29,32,35,38,41,44-71H2,1-5H3/p+1/b10-8-,16-14-,21-19-,22-20-,27-25-,28-26-,31-30-,34-33-,37-36-,40-39-,43-42-. The molecule has 0 aliphatic carbocycles. The van der Waals surface area contributed by atoms with Gasteiger partial charge in [-0.3, -0.25) is 9.59 Å². The summed E-state index contributed by atoms with van der Waals surface area (Å²) in [5, 5.41) is 9.74. The fourth-order valence-electron chi connectivity index (χ4n) is 9.15. The van der Waals surface area contributed by atoms with E-state index in [0.717, 1.165) is 109 Å². The fourth-order valence-corrected chi connectivity index (χ4v) is 9.15. The van der Waals surface area contributed by atoms with Gasteiger partial charge in [0.1, 0.15) is 13.2 Å². The molecule has 2 unspecified atom stereocenters. The van der Waals surface area contributed by atoms with Gasteiger partial charge in [0.15, 0.2) is 6.10 Å². The molecule has 2 atom stereocenters. The van der Waals surface area contributed by atoms with Crippen LogP contribution in [0.15, 0.2) is 134 Å². The number of carboxylic acid groups (broad SMARTS) is 1. The number of quaternary nitrogens is 1. The van der Waals surface area contributed by atoms with Gasteiger partial charge in [-0.2, -0.15) is 0 Å². The maximum Gasteiger partial charge on any atom is 0.361 e. The van der Waals surface area contributed by atoms with Crippen molar-refractivity contribution < 1.29 is 42.9 Å². The molecule has 0 spiro atoms. The largest absolute Gasteiger partial charge is 0.477 e. The Bertz CT molecular complexity index is 1860. The van der Waals surface area contributed by atoms with E-state index in [1.807, 2.05) is 21.1 Å². The van der Waals surface area contributed by atoms with Gasteiger partial charge in [0.25, 0.3) is 6.29 Å². The van der Waals surface area contributed by atoms with Crippen LogP contribution in [-0.4, -0.2) is 87.4 Å². The number of hydrogen-bond acceptors (Lipinski definition) is 7. The zero-order valence-corrected chi connectivity index (χ0v) is 55.2. The van der Waals surface area contributed by atoms with Crippen LogP contribution in [0, 0.1) is 0 Å². The first-order valence-electron chi connectivity index (χ1n) is 34.3. The lowest BCUT2D eigenvalue weighted by Gasteiger charge is -2.25. The average molecular weight is 1180 g/mol. The lowest BCUT2D eigenvalue weighted by atomic mass is 10.0. The summed E-state index contributed by atoms with van der Waals surface area (Å²) in [7, 11) is 5.97. The number of esters is 2. The Morgan fingerprint density at radius 2 is 0.671 bits per heavy atom. The minimum absolute atomic E-state index is 0.181. The molecule has 0 bridgehead atoms. The number of rotatable bonds is 62. The Labute approximate surface area is 522 Å². The second-order valence-corrected chi connectivity index (χ2v) is 23.7. The number of aliphatic carboxylic acids is 1. The molecule has 9 heteroatoms. The van der Waals surface area contributed by atoms with E-state index in [0.29, 0.717) is 23.9 Å². The molecule has 0 amide bonds. The van der Waals surface area contributed by atoms with E-state index in [1.165, 1.54) is 128 Å². The van der Waals surface area contributed by atoms with Gasteiger partial charge in [-0.05, 0) is 116 Å². The van der Waals surface area contributed by atoms with E-state index in [2.05, 4.69) is 148 Å². The third-order valence-corrected chi connectivity index (χ3v) is 14.4. The van der Waals surface area contributed by atoms with E-state index < -0.39 is 24.3 Å². The summed E-state index contributed by atoms with van der Waals surface area (Å²) in [5.74, 6) is -2.02. The number of ether oxygens (including phenoxy) is 4. The van der Waals surface area contributed by atoms with Crippen molar-refractivity contribution in [3.63, 3.8) is 0 Å². The third kappa shape index (κ3) is 66.8. The lowest BCUT2D eigenvalue weighted by Crippen LogP contribution is -2.40. The number of unbranched alkanes of at least 4 members (excludes halogenated alkanes) is 25. The number of allylic oxidation sites excluding steroid dienone is 22. The van der Waals surface area contributed by atoms with Crippen molar-refractivity contribution in [3.05, 3.63) is 134 Å². The molecule has 85 heavy (non-hydrogen) atoms. The van der Waals surface area contributed by atoms with Crippen molar-refractivity contribution >= 4 is 17.9 Å². The van der Waals surface area contributed by atoms with Gasteiger partial charge in [-0.15, -0.1) is 0 Å². The summed E-state index contributed by atoms with van der Waals surface area (Å²) in [4.78, 5) is 37.6. The summed E-state index contributed by atoms with van der Waals surface area (Å²) in [6.07, 6.45) is 91.2. The zero-order valence-electron chi connectivity index (χ0n) is 55.2. The van der Waals surface area contributed by atoms with Crippen LogP contribution >= 0.6 is 0 Å². The Balaban J connectivity index is 4.15. The maximum atomic E-state index is 12.9. The number of likely N-dealkylation sites (N-methyl/N-ethyl adjacent to an activating group) is 1. The fraction of sp³-hybridized carbons (Fsp3) is 0.671. The minimum atomic E-state index is -1.52. The van der Waals surface area contributed by atoms with E-state index in [4.69, 9.17) is 18.9 Å². The number of carbonyl (C=O) groups excluding carboxylic acids is 2. The first-order chi connectivity index (χ1) is 41.6. The van der Waals surface area contributed by atoms with Crippen molar-refractivity contribution in [1.82, 2.24) is 0 Å². The average Bonchev–Trinajstić information content (AvgIpc) is 3.49. The quantitative estimate of drug-likeness (QED) is 0.0211. The predicted octanol–water partition coefficient (Wildman–Crippen LogP) is 21.4. The highest BCUT2D eigenvalue weighted by Crippen LogP contribution is 2.16. The van der Waals surface area contributed by atoms with Crippen LogP contribution in [0.5, 0.6) is 0 Å². The molecule has 0 fully saturated rings. The van der Waals surface area contributed by atoms with Crippen molar-refractivity contribution in [3.8, 4) is 0 Å². The molecule has 0 aliphatic rings. The van der Waals surface area contributed by atoms with Gasteiger partial charge in [0.05, 0.1) is 34.4 Å². The Morgan fingerprint density at radius 1 is 0.365 bits per heavy atom. The van der Waals surface area contributed by atoms with Crippen LogP contribution in [0.4, 0.5) is 0 Å². The molecule has 9 nitrogen and oxygen atoms in total. The lowest BCUT2D eigenvalue weighted by molar-refractivity contribution is -0.870. The number of hydrogen-bond donors (Lipinski definition) is 1. The molecule has 0 aromatic carbocycles. The number of nitrogens with zero attached hydrogens (tertiary/aromatic N) is 1. The highest BCUT2D eigenvalue weighted by molar-refractivity contribution is 5.71. The van der Waals surface area contributed by atoms with Crippen LogP contribution in [0.2, 0.25) is 0 Å². The molecular formula is C76H128NO8+. The van der Waals surface area contributed by atoms with Gasteiger partial charge in [-0.1, -0.05) is 276 Å². The zero-order chi connectivity index (χ0) is 61.9. The normalized spacial score (nSPS) is 13.6. The molecule has 0 aromatic heterocycles. The highest BCUT2D eigenvalue weighted by Gasteiger charge is 2.25. The molecular weight excluding hydrogens is 1050 g/mol. The Hall–Kier alpha value is -4.57. The van der Waals surface area contributed by atoms with Crippen LogP contribution in [0.25, 0.3) is 0 Å². The third-order valence-electron chi connectivity index (χ3n) is 14.4. The molecule has 0 saturated carbocycles. The van der Waals surface area contributed by atoms with Gasteiger partial charge < -0.3 is 28.5 Å².